The highest BCUT2D eigenvalue weighted by Gasteiger charge is 2.22. The molecule has 0 aromatic heterocycles. The molecular weight excluding hydrogens is 383 g/mol. The predicted molar refractivity (Wildman–Crippen MR) is 86.0 cm³/mol. The molecule has 1 unspecified atom stereocenters. The Kier molecular flexibility index (Phi) is 5.60. The van der Waals surface area contributed by atoms with Gasteiger partial charge in [-0.1, -0.05) is 42.3 Å². The predicted octanol–water partition coefficient (Wildman–Crippen LogP) is 5.73. The van der Waals surface area contributed by atoms with E-state index in [1.54, 1.807) is 12.1 Å². The van der Waals surface area contributed by atoms with E-state index in [0.29, 0.717) is 27.2 Å². The van der Waals surface area contributed by atoms with Crippen LogP contribution >= 0.6 is 39.1 Å². The molecule has 2 rings (SSSR count). The van der Waals surface area contributed by atoms with Gasteiger partial charge in [0.2, 0.25) is 0 Å². The third kappa shape index (κ3) is 3.57. The van der Waals surface area contributed by atoms with Crippen LogP contribution in [0.15, 0.2) is 34.8 Å². The number of benzene rings is 2. The third-order valence-electron chi connectivity index (χ3n) is 3.05. The lowest BCUT2D eigenvalue weighted by Crippen LogP contribution is -2.23. The van der Waals surface area contributed by atoms with Gasteiger partial charge in [-0.25, -0.2) is 8.78 Å². The minimum atomic E-state index is -0.580. The van der Waals surface area contributed by atoms with Crippen LogP contribution in [0.4, 0.5) is 8.78 Å². The molecule has 1 N–H and O–H groups in total. The molecule has 1 nitrogen and oxygen atoms in total. The van der Waals surface area contributed by atoms with Gasteiger partial charge in [0, 0.05) is 10.0 Å². The molecule has 0 aliphatic rings. The van der Waals surface area contributed by atoms with Crippen molar-refractivity contribution in [3.63, 3.8) is 0 Å². The summed E-state index contributed by atoms with van der Waals surface area (Å²) < 4.78 is 28.4. The largest absolute Gasteiger partial charge is 0.306 e. The van der Waals surface area contributed by atoms with E-state index in [-0.39, 0.29) is 5.02 Å². The molecule has 0 bridgehead atoms. The van der Waals surface area contributed by atoms with Gasteiger partial charge < -0.3 is 5.32 Å². The second kappa shape index (κ2) is 7.05. The quantitative estimate of drug-likeness (QED) is 0.652. The molecule has 112 valence electrons. The highest BCUT2D eigenvalue weighted by molar-refractivity contribution is 9.10. The minimum Gasteiger partial charge on any atom is -0.306 e. The molecule has 0 aliphatic heterocycles. The van der Waals surface area contributed by atoms with Crippen molar-refractivity contribution in [1.29, 1.82) is 0 Å². The molecule has 0 radical (unpaired) electrons. The van der Waals surface area contributed by atoms with Crippen molar-refractivity contribution in [3.8, 4) is 0 Å². The van der Waals surface area contributed by atoms with Crippen LogP contribution in [-0.4, -0.2) is 6.54 Å². The Morgan fingerprint density at radius 3 is 2.52 bits per heavy atom. The van der Waals surface area contributed by atoms with Gasteiger partial charge in [0.25, 0.3) is 0 Å². The maximum absolute atomic E-state index is 14.3. The van der Waals surface area contributed by atoms with E-state index in [0.717, 1.165) is 0 Å². The maximum atomic E-state index is 14.3. The van der Waals surface area contributed by atoms with Crippen molar-refractivity contribution in [2.45, 2.75) is 13.0 Å². The van der Waals surface area contributed by atoms with Crippen LogP contribution in [0.3, 0.4) is 0 Å². The van der Waals surface area contributed by atoms with E-state index >= 15 is 0 Å². The van der Waals surface area contributed by atoms with Crippen LogP contribution in [-0.2, 0) is 0 Å². The molecule has 0 heterocycles. The molecule has 0 fully saturated rings. The van der Waals surface area contributed by atoms with Crippen LogP contribution < -0.4 is 5.32 Å². The summed E-state index contributed by atoms with van der Waals surface area (Å²) in [6.07, 6.45) is 0. The Labute approximate surface area is 140 Å². The molecule has 2 aromatic rings. The highest BCUT2D eigenvalue weighted by atomic mass is 79.9. The Hall–Kier alpha value is -0.680. The van der Waals surface area contributed by atoms with E-state index in [1.165, 1.54) is 18.2 Å². The van der Waals surface area contributed by atoms with Gasteiger partial charge in [0.1, 0.15) is 11.6 Å². The van der Waals surface area contributed by atoms with Crippen LogP contribution in [0.25, 0.3) is 0 Å². The van der Waals surface area contributed by atoms with Gasteiger partial charge in [-0.15, -0.1) is 0 Å². The first-order valence-corrected chi connectivity index (χ1v) is 7.82. The molecule has 21 heavy (non-hydrogen) atoms. The van der Waals surface area contributed by atoms with E-state index in [2.05, 4.69) is 21.2 Å². The fourth-order valence-electron chi connectivity index (χ4n) is 2.09. The summed E-state index contributed by atoms with van der Waals surface area (Å²) in [6, 6.07) is 6.68. The Morgan fingerprint density at radius 1 is 1.14 bits per heavy atom. The summed E-state index contributed by atoms with van der Waals surface area (Å²) in [4.78, 5) is 0. The normalized spacial score (nSPS) is 12.5. The summed E-state index contributed by atoms with van der Waals surface area (Å²) >= 11 is 15.2. The van der Waals surface area contributed by atoms with E-state index in [4.69, 9.17) is 23.2 Å². The number of halogens is 5. The fraction of sp³-hybridized carbons (Fsp3) is 0.200. The minimum absolute atomic E-state index is 0.0260. The van der Waals surface area contributed by atoms with E-state index in [1.807, 2.05) is 6.92 Å². The second-order valence-electron chi connectivity index (χ2n) is 4.42. The topological polar surface area (TPSA) is 12.0 Å². The first kappa shape index (κ1) is 16.7. The van der Waals surface area contributed by atoms with Crippen molar-refractivity contribution in [1.82, 2.24) is 5.32 Å². The van der Waals surface area contributed by atoms with Crippen LogP contribution in [0.1, 0.15) is 24.1 Å². The number of rotatable bonds is 4. The van der Waals surface area contributed by atoms with Gasteiger partial charge in [-0.05, 0) is 46.2 Å². The fourth-order valence-corrected chi connectivity index (χ4v) is 2.82. The zero-order valence-electron chi connectivity index (χ0n) is 11.1. The smallest absolute Gasteiger partial charge is 0.142 e. The first-order chi connectivity index (χ1) is 9.95. The summed E-state index contributed by atoms with van der Waals surface area (Å²) in [6.45, 7) is 2.43. The van der Waals surface area contributed by atoms with E-state index in [9.17, 15) is 8.78 Å². The first-order valence-electron chi connectivity index (χ1n) is 6.27. The molecule has 0 spiro atoms. The Morgan fingerprint density at radius 2 is 1.86 bits per heavy atom. The maximum Gasteiger partial charge on any atom is 0.142 e. The molecular formula is C15H12BrCl2F2N. The number of hydrogen-bond acceptors (Lipinski definition) is 1. The van der Waals surface area contributed by atoms with Crippen molar-refractivity contribution >= 4 is 39.1 Å². The molecule has 6 heteroatoms. The standard InChI is InChI=1S/C15H12BrCl2F2N/c1-2-21-15(8-4-3-5-12(19)14(8)18)9-6-11(17)10(16)7-13(9)20/h3-7,15,21H,2H2,1H3. The van der Waals surface area contributed by atoms with Gasteiger partial charge in [-0.3, -0.25) is 0 Å². The summed E-state index contributed by atoms with van der Waals surface area (Å²) in [5.74, 6) is -0.988. The van der Waals surface area contributed by atoms with Gasteiger partial charge in [0.15, 0.2) is 0 Å². The van der Waals surface area contributed by atoms with Crippen molar-refractivity contribution in [3.05, 3.63) is 67.6 Å². The lowest BCUT2D eigenvalue weighted by atomic mass is 9.98. The van der Waals surface area contributed by atoms with Gasteiger partial charge in [0.05, 0.1) is 16.1 Å². The molecule has 0 saturated heterocycles. The SMILES string of the molecule is CCNC(c1cc(Cl)c(Br)cc1F)c1cccc(F)c1Cl. The van der Waals surface area contributed by atoms with Crippen LogP contribution in [0.2, 0.25) is 10.0 Å². The van der Waals surface area contributed by atoms with Crippen molar-refractivity contribution in [2.75, 3.05) is 6.54 Å². The summed E-state index contributed by atoms with van der Waals surface area (Å²) in [5, 5.41) is 3.46. The Balaban J connectivity index is 2.59. The monoisotopic (exact) mass is 393 g/mol. The average Bonchev–Trinajstić information content (AvgIpc) is 2.44. The zero-order chi connectivity index (χ0) is 15.6. The van der Waals surface area contributed by atoms with Crippen molar-refractivity contribution in [2.24, 2.45) is 0 Å². The van der Waals surface area contributed by atoms with Crippen LogP contribution in [0, 0.1) is 11.6 Å². The molecule has 1 atom stereocenters. The molecule has 0 amide bonds. The van der Waals surface area contributed by atoms with Gasteiger partial charge in [-0.2, -0.15) is 0 Å². The summed E-state index contributed by atoms with van der Waals surface area (Å²) in [5.41, 5.74) is 0.786. The average molecular weight is 395 g/mol. The molecule has 2 aromatic carbocycles. The summed E-state index contributed by atoms with van der Waals surface area (Å²) in [7, 11) is 0. The Bertz CT molecular complexity index is 664. The van der Waals surface area contributed by atoms with E-state index < -0.39 is 17.7 Å². The van der Waals surface area contributed by atoms with Crippen molar-refractivity contribution < 1.29 is 8.78 Å². The highest BCUT2D eigenvalue weighted by Crippen LogP contribution is 2.34. The van der Waals surface area contributed by atoms with Gasteiger partial charge >= 0.3 is 0 Å². The lowest BCUT2D eigenvalue weighted by Gasteiger charge is -2.21. The second-order valence-corrected chi connectivity index (χ2v) is 6.06. The molecule has 0 aliphatic carbocycles. The molecule has 0 saturated carbocycles. The number of nitrogens with one attached hydrogen (secondary N) is 1. The zero-order valence-corrected chi connectivity index (χ0v) is 14.2. The number of hydrogen-bond donors (Lipinski definition) is 1. The third-order valence-corrected chi connectivity index (χ3v) is 4.65. The van der Waals surface area contributed by atoms with Crippen LogP contribution in [0.5, 0.6) is 0 Å². The lowest BCUT2D eigenvalue weighted by molar-refractivity contribution is 0.554.